The third kappa shape index (κ3) is 6.65. The summed E-state index contributed by atoms with van der Waals surface area (Å²) in [5.41, 5.74) is 6.24. The van der Waals surface area contributed by atoms with Crippen LogP contribution in [0.15, 0.2) is 24.3 Å². The van der Waals surface area contributed by atoms with Crippen LogP contribution in [-0.4, -0.2) is 25.0 Å². The topological polar surface area (TPSA) is 84.2 Å². The maximum atomic E-state index is 13.0. The van der Waals surface area contributed by atoms with Crippen LogP contribution in [0.2, 0.25) is 0 Å². The molecule has 0 aliphatic heterocycles. The summed E-state index contributed by atoms with van der Waals surface area (Å²) in [6.45, 7) is 3.07. The molecule has 0 heterocycles. The number of hydrogen-bond acceptors (Lipinski definition) is 2. The highest BCUT2D eigenvalue weighted by atomic mass is 19.1. The molecule has 5 nitrogen and oxygen atoms in total. The summed E-state index contributed by atoms with van der Waals surface area (Å²) in [6, 6.07) is 5.67. The molecule has 1 aromatic rings. The summed E-state index contributed by atoms with van der Waals surface area (Å²) < 4.78 is 13.0. The zero-order valence-electron chi connectivity index (χ0n) is 15.5. The fourth-order valence-corrected chi connectivity index (χ4v) is 3.54. The van der Waals surface area contributed by atoms with Gasteiger partial charge in [-0.2, -0.15) is 0 Å². The minimum absolute atomic E-state index is 0.168. The molecule has 26 heavy (non-hydrogen) atoms. The Morgan fingerprint density at radius 1 is 1.12 bits per heavy atom. The lowest BCUT2D eigenvalue weighted by Gasteiger charge is -2.27. The average Bonchev–Trinajstić information content (AvgIpc) is 2.65. The lowest BCUT2D eigenvalue weighted by Crippen LogP contribution is -2.43. The lowest BCUT2D eigenvalue weighted by atomic mass is 9.81. The number of halogens is 1. The first-order valence-electron chi connectivity index (χ1n) is 9.53. The number of primary amides is 1. The molecule has 4 N–H and O–H groups in total. The molecule has 0 saturated heterocycles. The van der Waals surface area contributed by atoms with Gasteiger partial charge in [-0.15, -0.1) is 0 Å². The molecule has 1 saturated carbocycles. The molecular formula is C20H30FN3O2. The van der Waals surface area contributed by atoms with Crippen LogP contribution in [-0.2, 0) is 11.2 Å². The standard InChI is InChI=1S/C20H30FN3O2/c1-2-14-3-5-16(6-4-14)12-23-20(26)24-13-17(19(22)25)11-15-7-9-18(21)10-8-15/h7-10,14,16-17H,2-6,11-13H2,1H3,(H2,22,25)(H2,23,24,26). The molecule has 1 aromatic carbocycles. The van der Waals surface area contributed by atoms with Crippen LogP contribution in [0.1, 0.15) is 44.6 Å². The normalized spacial score (nSPS) is 21.0. The third-order valence-corrected chi connectivity index (χ3v) is 5.40. The zero-order chi connectivity index (χ0) is 18.9. The molecule has 0 bridgehead atoms. The Morgan fingerprint density at radius 2 is 1.73 bits per heavy atom. The second-order valence-corrected chi connectivity index (χ2v) is 7.32. The minimum Gasteiger partial charge on any atom is -0.369 e. The molecule has 144 valence electrons. The van der Waals surface area contributed by atoms with Crippen molar-refractivity contribution in [3.8, 4) is 0 Å². The van der Waals surface area contributed by atoms with Gasteiger partial charge in [0.25, 0.3) is 0 Å². The van der Waals surface area contributed by atoms with Crippen LogP contribution >= 0.6 is 0 Å². The average molecular weight is 363 g/mol. The van der Waals surface area contributed by atoms with Gasteiger partial charge in [0.15, 0.2) is 0 Å². The predicted octanol–water partition coefficient (Wildman–Crippen LogP) is 2.99. The summed E-state index contributed by atoms with van der Waals surface area (Å²) in [7, 11) is 0. The van der Waals surface area contributed by atoms with Crippen LogP contribution < -0.4 is 16.4 Å². The van der Waals surface area contributed by atoms with Gasteiger partial charge < -0.3 is 16.4 Å². The molecule has 1 fully saturated rings. The fourth-order valence-electron chi connectivity index (χ4n) is 3.54. The van der Waals surface area contributed by atoms with Gasteiger partial charge in [0.05, 0.1) is 5.92 Å². The number of nitrogens with one attached hydrogen (secondary N) is 2. The Hall–Kier alpha value is -2.11. The van der Waals surface area contributed by atoms with Crippen molar-refractivity contribution in [2.45, 2.75) is 45.4 Å². The van der Waals surface area contributed by atoms with Crippen LogP contribution in [0.25, 0.3) is 0 Å². The largest absolute Gasteiger partial charge is 0.369 e. The highest BCUT2D eigenvalue weighted by Gasteiger charge is 2.21. The zero-order valence-corrected chi connectivity index (χ0v) is 15.5. The lowest BCUT2D eigenvalue weighted by molar-refractivity contribution is -0.121. The number of benzene rings is 1. The number of amides is 3. The maximum Gasteiger partial charge on any atom is 0.314 e. The van der Waals surface area contributed by atoms with Gasteiger partial charge in [-0.1, -0.05) is 38.3 Å². The van der Waals surface area contributed by atoms with E-state index in [1.54, 1.807) is 12.1 Å². The van der Waals surface area contributed by atoms with E-state index in [9.17, 15) is 14.0 Å². The van der Waals surface area contributed by atoms with Gasteiger partial charge in [0, 0.05) is 13.1 Å². The van der Waals surface area contributed by atoms with Gasteiger partial charge in [-0.3, -0.25) is 4.79 Å². The molecule has 1 unspecified atom stereocenters. The molecule has 1 aliphatic carbocycles. The van der Waals surface area contributed by atoms with Crippen molar-refractivity contribution < 1.29 is 14.0 Å². The van der Waals surface area contributed by atoms with Gasteiger partial charge in [0.1, 0.15) is 5.82 Å². The number of nitrogens with two attached hydrogens (primary N) is 1. The van der Waals surface area contributed by atoms with E-state index in [0.29, 0.717) is 18.9 Å². The number of rotatable bonds is 8. The Balaban J connectivity index is 1.71. The second-order valence-electron chi connectivity index (χ2n) is 7.32. The van der Waals surface area contributed by atoms with E-state index in [4.69, 9.17) is 5.73 Å². The molecule has 0 aromatic heterocycles. The van der Waals surface area contributed by atoms with E-state index >= 15 is 0 Å². The Kier molecular flexibility index (Phi) is 7.88. The SMILES string of the molecule is CCC1CCC(CNC(=O)NCC(Cc2ccc(F)cc2)C(N)=O)CC1. The third-order valence-electron chi connectivity index (χ3n) is 5.40. The van der Waals surface area contributed by atoms with E-state index in [-0.39, 0.29) is 18.4 Å². The maximum absolute atomic E-state index is 13.0. The molecule has 2 rings (SSSR count). The van der Waals surface area contributed by atoms with Crippen molar-refractivity contribution in [3.63, 3.8) is 0 Å². The van der Waals surface area contributed by atoms with Crippen molar-refractivity contribution in [2.75, 3.05) is 13.1 Å². The number of carbonyl (C=O) groups is 2. The van der Waals surface area contributed by atoms with Crippen LogP contribution in [0.4, 0.5) is 9.18 Å². The first-order chi connectivity index (χ1) is 12.5. The highest BCUT2D eigenvalue weighted by molar-refractivity contribution is 5.79. The molecule has 1 aliphatic rings. The van der Waals surface area contributed by atoms with Crippen molar-refractivity contribution >= 4 is 11.9 Å². The fraction of sp³-hybridized carbons (Fsp3) is 0.600. The number of hydrogen-bond donors (Lipinski definition) is 3. The van der Waals surface area contributed by atoms with Gasteiger partial charge in [0.2, 0.25) is 5.91 Å². The van der Waals surface area contributed by atoms with E-state index < -0.39 is 11.8 Å². The summed E-state index contributed by atoms with van der Waals surface area (Å²) >= 11 is 0. The first-order valence-corrected chi connectivity index (χ1v) is 9.53. The first kappa shape index (κ1) is 20.2. The van der Waals surface area contributed by atoms with Gasteiger partial charge in [-0.25, -0.2) is 9.18 Å². The molecule has 3 amide bonds. The Morgan fingerprint density at radius 3 is 2.31 bits per heavy atom. The summed E-state index contributed by atoms with van der Waals surface area (Å²) in [4.78, 5) is 23.6. The van der Waals surface area contributed by atoms with Crippen molar-refractivity contribution in [2.24, 2.45) is 23.5 Å². The van der Waals surface area contributed by atoms with Crippen molar-refractivity contribution in [1.82, 2.24) is 10.6 Å². The Bertz CT molecular complexity index is 583. The second kappa shape index (κ2) is 10.1. The number of urea groups is 1. The van der Waals surface area contributed by atoms with Crippen LogP contribution in [0.3, 0.4) is 0 Å². The van der Waals surface area contributed by atoms with E-state index in [2.05, 4.69) is 17.6 Å². The summed E-state index contributed by atoms with van der Waals surface area (Å²) in [5, 5.41) is 5.63. The van der Waals surface area contributed by atoms with E-state index in [1.165, 1.54) is 31.4 Å². The van der Waals surface area contributed by atoms with Crippen molar-refractivity contribution in [3.05, 3.63) is 35.6 Å². The molecule has 0 radical (unpaired) electrons. The van der Waals surface area contributed by atoms with E-state index in [0.717, 1.165) is 24.3 Å². The smallest absolute Gasteiger partial charge is 0.314 e. The van der Waals surface area contributed by atoms with Crippen LogP contribution in [0, 0.1) is 23.6 Å². The molecule has 6 heteroatoms. The minimum atomic E-state index is -0.522. The molecular weight excluding hydrogens is 333 g/mol. The highest BCUT2D eigenvalue weighted by Crippen LogP contribution is 2.30. The monoisotopic (exact) mass is 363 g/mol. The summed E-state index contributed by atoms with van der Waals surface area (Å²) in [6.07, 6.45) is 6.42. The molecule has 0 spiro atoms. The molecule has 1 atom stereocenters. The van der Waals surface area contributed by atoms with Crippen molar-refractivity contribution in [1.29, 1.82) is 0 Å². The Labute approximate surface area is 154 Å². The predicted molar refractivity (Wildman–Crippen MR) is 99.9 cm³/mol. The summed E-state index contributed by atoms with van der Waals surface area (Å²) in [5.74, 6) is 0.0473. The number of carbonyl (C=O) groups excluding carboxylic acids is 2. The van der Waals surface area contributed by atoms with Crippen LogP contribution in [0.5, 0.6) is 0 Å². The van der Waals surface area contributed by atoms with Gasteiger partial charge >= 0.3 is 6.03 Å². The van der Waals surface area contributed by atoms with E-state index in [1.807, 2.05) is 0 Å². The quantitative estimate of drug-likeness (QED) is 0.663. The van der Waals surface area contributed by atoms with Gasteiger partial charge in [-0.05, 0) is 48.8 Å².